The van der Waals surface area contributed by atoms with E-state index in [0.717, 1.165) is 43.9 Å². The van der Waals surface area contributed by atoms with Crippen LogP contribution in [0, 0.1) is 5.92 Å². The second-order valence-electron chi connectivity index (χ2n) is 7.93. The number of nitrogens with one attached hydrogen (secondary N) is 2. The fourth-order valence-electron chi connectivity index (χ4n) is 4.13. The molecule has 2 aromatic heterocycles. The Balaban J connectivity index is 1.40. The maximum Gasteiger partial charge on any atom is 0.260 e. The van der Waals surface area contributed by atoms with Crippen LogP contribution in [-0.4, -0.2) is 46.2 Å². The number of piperidine rings is 1. The van der Waals surface area contributed by atoms with Gasteiger partial charge >= 0.3 is 0 Å². The Hall–Kier alpha value is -2.90. The molecule has 0 bridgehead atoms. The van der Waals surface area contributed by atoms with E-state index < -0.39 is 0 Å². The van der Waals surface area contributed by atoms with Gasteiger partial charge in [-0.05, 0) is 50.2 Å². The fraction of sp³-hybridized carbons (Fsp3) is 0.524. The van der Waals surface area contributed by atoms with Crippen molar-refractivity contribution < 1.29 is 9.59 Å². The van der Waals surface area contributed by atoms with E-state index in [-0.39, 0.29) is 11.8 Å². The molecule has 2 N–H and O–H groups in total. The van der Waals surface area contributed by atoms with Gasteiger partial charge in [-0.2, -0.15) is 5.10 Å². The van der Waals surface area contributed by atoms with Crippen LogP contribution >= 0.6 is 0 Å². The van der Waals surface area contributed by atoms with Gasteiger partial charge in [0.05, 0.1) is 29.3 Å². The molecule has 4 heterocycles. The molecule has 0 radical (unpaired) electrons. The first kappa shape index (κ1) is 19.4. The highest BCUT2D eigenvalue weighted by molar-refractivity contribution is 6.04. The lowest BCUT2D eigenvalue weighted by Gasteiger charge is -2.28. The van der Waals surface area contributed by atoms with E-state index in [9.17, 15) is 9.59 Å². The average molecular weight is 396 g/mol. The fourth-order valence-corrected chi connectivity index (χ4v) is 4.13. The molecule has 8 nitrogen and oxygen atoms in total. The van der Waals surface area contributed by atoms with Crippen LogP contribution in [0.4, 0.5) is 11.5 Å². The largest absolute Gasteiger partial charge is 0.370 e. The molecular formula is C21H28N6O2. The van der Waals surface area contributed by atoms with Crippen molar-refractivity contribution in [3.8, 4) is 0 Å². The summed E-state index contributed by atoms with van der Waals surface area (Å²) >= 11 is 0. The summed E-state index contributed by atoms with van der Waals surface area (Å²) in [6.45, 7) is 5.04. The van der Waals surface area contributed by atoms with Crippen LogP contribution < -0.4 is 15.5 Å². The minimum Gasteiger partial charge on any atom is -0.370 e. The quantitative estimate of drug-likeness (QED) is 0.809. The van der Waals surface area contributed by atoms with Crippen molar-refractivity contribution in [2.24, 2.45) is 5.92 Å². The molecule has 1 atom stereocenters. The summed E-state index contributed by atoms with van der Waals surface area (Å²) in [5.41, 5.74) is 2.61. The van der Waals surface area contributed by atoms with E-state index in [1.165, 1.54) is 26.2 Å². The minimum absolute atomic E-state index is 0.0267. The van der Waals surface area contributed by atoms with Gasteiger partial charge in [0.2, 0.25) is 5.91 Å². The lowest BCUT2D eigenvalue weighted by Crippen LogP contribution is -2.32. The number of carbonyl (C=O) groups is 2. The Morgan fingerprint density at radius 1 is 1.14 bits per heavy atom. The third-order valence-electron chi connectivity index (χ3n) is 5.77. The predicted octanol–water partition coefficient (Wildman–Crippen LogP) is 2.22. The number of nitrogens with zero attached hydrogens (tertiary/aromatic N) is 4. The monoisotopic (exact) mass is 396 g/mol. The molecule has 1 unspecified atom stereocenters. The molecule has 2 aromatic rings. The van der Waals surface area contributed by atoms with Gasteiger partial charge in [-0.15, -0.1) is 0 Å². The molecule has 2 aliphatic heterocycles. The topological polar surface area (TPSA) is 92.1 Å². The van der Waals surface area contributed by atoms with E-state index in [1.54, 1.807) is 6.20 Å². The number of aromatic nitrogens is 3. The van der Waals surface area contributed by atoms with Crippen LogP contribution in [0.1, 0.15) is 48.7 Å². The van der Waals surface area contributed by atoms with Gasteiger partial charge in [0.1, 0.15) is 5.82 Å². The van der Waals surface area contributed by atoms with Gasteiger partial charge in [0.15, 0.2) is 0 Å². The molecule has 2 amide bonds. The van der Waals surface area contributed by atoms with E-state index in [2.05, 4.69) is 25.6 Å². The molecular weight excluding hydrogens is 368 g/mol. The van der Waals surface area contributed by atoms with Crippen LogP contribution in [-0.2, 0) is 17.8 Å². The highest BCUT2D eigenvalue weighted by atomic mass is 16.2. The standard InChI is InChI=1S/C21H28N6O2/c1-15(28)22-12-16-7-10-27-19(11-16)18(14-24-27)21(29)25-20-6-5-17(13-23-20)26-8-3-2-4-9-26/h5-6,13-14,16H,2-4,7-12H2,1H3,(H,22,28)(H,23,25,29). The van der Waals surface area contributed by atoms with E-state index in [1.807, 2.05) is 23.0 Å². The number of rotatable bonds is 5. The molecule has 154 valence electrons. The lowest BCUT2D eigenvalue weighted by molar-refractivity contribution is -0.119. The molecule has 1 saturated heterocycles. The van der Waals surface area contributed by atoms with E-state index >= 15 is 0 Å². The Morgan fingerprint density at radius 3 is 2.69 bits per heavy atom. The summed E-state index contributed by atoms with van der Waals surface area (Å²) in [7, 11) is 0. The molecule has 29 heavy (non-hydrogen) atoms. The number of amides is 2. The molecule has 4 rings (SSSR count). The number of anilines is 2. The number of fused-ring (bicyclic) bond motifs is 1. The highest BCUT2D eigenvalue weighted by Gasteiger charge is 2.25. The van der Waals surface area contributed by atoms with Gasteiger partial charge in [0, 0.05) is 33.1 Å². The second kappa shape index (κ2) is 8.63. The maximum absolute atomic E-state index is 12.8. The molecule has 0 spiro atoms. The Labute approximate surface area is 170 Å². The second-order valence-corrected chi connectivity index (χ2v) is 7.93. The molecule has 0 aromatic carbocycles. The summed E-state index contributed by atoms with van der Waals surface area (Å²) in [5, 5.41) is 10.1. The van der Waals surface area contributed by atoms with E-state index in [0.29, 0.717) is 23.8 Å². The average Bonchev–Trinajstić information content (AvgIpc) is 3.17. The summed E-state index contributed by atoms with van der Waals surface area (Å²) in [6, 6.07) is 3.88. The number of hydrogen-bond acceptors (Lipinski definition) is 5. The SMILES string of the molecule is CC(=O)NCC1CCn2ncc(C(=O)Nc3ccc(N4CCCCC4)cn3)c2C1. The van der Waals surface area contributed by atoms with Crippen LogP contribution in [0.2, 0.25) is 0 Å². The van der Waals surface area contributed by atoms with Crippen LogP contribution in [0.5, 0.6) is 0 Å². The van der Waals surface area contributed by atoms with Crippen molar-refractivity contribution in [3.05, 3.63) is 35.8 Å². The third-order valence-corrected chi connectivity index (χ3v) is 5.77. The van der Waals surface area contributed by atoms with E-state index in [4.69, 9.17) is 0 Å². The molecule has 0 saturated carbocycles. The highest BCUT2D eigenvalue weighted by Crippen LogP contribution is 2.24. The van der Waals surface area contributed by atoms with Crippen LogP contribution in [0.15, 0.2) is 24.5 Å². The Bertz CT molecular complexity index is 870. The first-order valence-corrected chi connectivity index (χ1v) is 10.4. The summed E-state index contributed by atoms with van der Waals surface area (Å²) in [5.74, 6) is 0.642. The predicted molar refractivity (Wildman–Crippen MR) is 111 cm³/mol. The Kier molecular flexibility index (Phi) is 5.78. The number of carbonyl (C=O) groups excluding carboxylic acids is 2. The molecule has 2 aliphatic rings. The maximum atomic E-state index is 12.8. The zero-order valence-electron chi connectivity index (χ0n) is 16.9. The van der Waals surface area contributed by atoms with Gasteiger partial charge in [-0.3, -0.25) is 14.3 Å². The Morgan fingerprint density at radius 2 is 1.97 bits per heavy atom. The summed E-state index contributed by atoms with van der Waals surface area (Å²) in [6.07, 6.45) is 8.85. The van der Waals surface area contributed by atoms with Crippen molar-refractivity contribution in [3.63, 3.8) is 0 Å². The van der Waals surface area contributed by atoms with Crippen molar-refractivity contribution >= 4 is 23.3 Å². The minimum atomic E-state index is -0.190. The summed E-state index contributed by atoms with van der Waals surface area (Å²) in [4.78, 5) is 30.8. The number of hydrogen-bond donors (Lipinski definition) is 2. The first-order chi connectivity index (χ1) is 14.1. The van der Waals surface area contributed by atoms with Crippen molar-refractivity contribution in [1.82, 2.24) is 20.1 Å². The van der Waals surface area contributed by atoms with Gasteiger partial charge in [-0.1, -0.05) is 0 Å². The molecule has 8 heteroatoms. The van der Waals surface area contributed by atoms with Crippen LogP contribution in [0.3, 0.4) is 0 Å². The number of aryl methyl sites for hydroxylation is 1. The third kappa shape index (κ3) is 4.58. The molecule has 1 fully saturated rings. The van der Waals surface area contributed by atoms with Crippen LogP contribution in [0.25, 0.3) is 0 Å². The number of pyridine rings is 1. The summed E-state index contributed by atoms with van der Waals surface area (Å²) < 4.78 is 1.89. The van der Waals surface area contributed by atoms with Gasteiger partial charge < -0.3 is 15.5 Å². The van der Waals surface area contributed by atoms with Gasteiger partial charge in [-0.25, -0.2) is 4.98 Å². The zero-order chi connectivity index (χ0) is 20.2. The zero-order valence-corrected chi connectivity index (χ0v) is 16.9. The van der Waals surface area contributed by atoms with Crippen molar-refractivity contribution in [2.45, 2.75) is 45.6 Å². The van der Waals surface area contributed by atoms with Crippen molar-refractivity contribution in [2.75, 3.05) is 29.9 Å². The first-order valence-electron chi connectivity index (χ1n) is 10.4. The van der Waals surface area contributed by atoms with Gasteiger partial charge in [0.25, 0.3) is 5.91 Å². The normalized spacial score (nSPS) is 18.8. The van der Waals surface area contributed by atoms with Crippen molar-refractivity contribution in [1.29, 1.82) is 0 Å². The lowest BCUT2D eigenvalue weighted by atomic mass is 9.94. The molecule has 0 aliphatic carbocycles. The smallest absolute Gasteiger partial charge is 0.260 e.